The molecule has 120 valence electrons. The van der Waals surface area contributed by atoms with Crippen molar-refractivity contribution in [3.63, 3.8) is 0 Å². The number of benzene rings is 1. The lowest BCUT2D eigenvalue weighted by Crippen LogP contribution is -2.28. The van der Waals surface area contributed by atoms with Crippen LogP contribution < -0.4 is 5.32 Å². The lowest BCUT2D eigenvalue weighted by molar-refractivity contribution is 0.0668. The zero-order valence-electron chi connectivity index (χ0n) is 13.8. The first kappa shape index (κ1) is 18.1. The third-order valence-corrected chi connectivity index (χ3v) is 3.72. The number of hydrogen-bond acceptors (Lipinski definition) is 3. The second-order valence-electron chi connectivity index (χ2n) is 5.57. The molecule has 0 aromatic heterocycles. The van der Waals surface area contributed by atoms with Crippen molar-refractivity contribution >= 4 is 0 Å². The van der Waals surface area contributed by atoms with Crippen LogP contribution in [0.4, 0.5) is 0 Å². The Kier molecular flexibility index (Phi) is 10.1. The van der Waals surface area contributed by atoms with E-state index >= 15 is 0 Å². The molecule has 21 heavy (non-hydrogen) atoms. The van der Waals surface area contributed by atoms with Crippen molar-refractivity contribution in [2.24, 2.45) is 5.92 Å². The smallest absolute Gasteiger partial charge is 0.0700 e. The highest BCUT2D eigenvalue weighted by Gasteiger charge is 2.17. The van der Waals surface area contributed by atoms with Crippen LogP contribution in [0.3, 0.4) is 0 Å². The second kappa shape index (κ2) is 11.7. The standard InChI is InChI=1S/C18H31NO2/c1-4-12-19-18(17-10-6-5-7-11-17)16(2)9-8-13-21-15-14-20-3/h5-7,10-11,16,18-19H,4,8-9,12-15H2,1-3H3. The Bertz CT molecular complexity index is 342. The topological polar surface area (TPSA) is 30.5 Å². The molecule has 1 aromatic rings. The average Bonchev–Trinajstić information content (AvgIpc) is 2.52. The van der Waals surface area contributed by atoms with Crippen LogP contribution in [0.5, 0.6) is 0 Å². The molecule has 0 amide bonds. The van der Waals surface area contributed by atoms with Crippen LogP contribution in [0.15, 0.2) is 30.3 Å². The normalized spacial score (nSPS) is 14.0. The van der Waals surface area contributed by atoms with Crippen LogP contribution in [0.1, 0.15) is 44.7 Å². The number of nitrogens with one attached hydrogen (secondary N) is 1. The summed E-state index contributed by atoms with van der Waals surface area (Å²) in [5, 5.41) is 3.69. The van der Waals surface area contributed by atoms with Gasteiger partial charge in [-0.3, -0.25) is 0 Å². The Morgan fingerprint density at radius 3 is 2.52 bits per heavy atom. The van der Waals surface area contributed by atoms with Crippen LogP contribution in [0.2, 0.25) is 0 Å². The molecule has 1 N–H and O–H groups in total. The monoisotopic (exact) mass is 293 g/mol. The van der Waals surface area contributed by atoms with E-state index in [2.05, 4.69) is 49.5 Å². The van der Waals surface area contributed by atoms with Gasteiger partial charge in [-0.2, -0.15) is 0 Å². The Morgan fingerprint density at radius 1 is 1.10 bits per heavy atom. The minimum absolute atomic E-state index is 0.435. The van der Waals surface area contributed by atoms with Crippen molar-refractivity contribution in [1.29, 1.82) is 0 Å². The van der Waals surface area contributed by atoms with Gasteiger partial charge in [-0.05, 0) is 37.3 Å². The Hall–Kier alpha value is -0.900. The van der Waals surface area contributed by atoms with Gasteiger partial charge in [-0.1, -0.05) is 44.2 Å². The molecule has 0 saturated carbocycles. The van der Waals surface area contributed by atoms with E-state index in [0.29, 0.717) is 25.2 Å². The predicted molar refractivity (Wildman–Crippen MR) is 88.6 cm³/mol. The number of methoxy groups -OCH3 is 1. The molecule has 3 heteroatoms. The maximum Gasteiger partial charge on any atom is 0.0700 e. The van der Waals surface area contributed by atoms with Crippen LogP contribution in [0, 0.1) is 5.92 Å². The van der Waals surface area contributed by atoms with Gasteiger partial charge in [0.05, 0.1) is 13.2 Å². The number of hydrogen-bond donors (Lipinski definition) is 1. The molecule has 1 aromatic carbocycles. The van der Waals surface area contributed by atoms with Crippen LogP contribution in [-0.2, 0) is 9.47 Å². The summed E-state index contributed by atoms with van der Waals surface area (Å²) in [6.07, 6.45) is 3.43. The zero-order valence-corrected chi connectivity index (χ0v) is 13.8. The molecule has 0 spiro atoms. The third-order valence-electron chi connectivity index (χ3n) is 3.72. The highest BCUT2D eigenvalue weighted by molar-refractivity contribution is 5.19. The van der Waals surface area contributed by atoms with Gasteiger partial charge in [-0.15, -0.1) is 0 Å². The highest BCUT2D eigenvalue weighted by atomic mass is 16.5. The molecule has 1 rings (SSSR count). The summed E-state index contributed by atoms with van der Waals surface area (Å²) in [7, 11) is 1.70. The average molecular weight is 293 g/mol. The molecule has 0 bridgehead atoms. The Labute approximate surface area is 130 Å². The molecule has 0 radical (unpaired) electrons. The molecule has 0 fully saturated rings. The first-order valence-corrected chi connectivity index (χ1v) is 8.14. The molecule has 3 nitrogen and oxygen atoms in total. The minimum Gasteiger partial charge on any atom is -0.382 e. The van der Waals surface area contributed by atoms with Crippen LogP contribution in [0.25, 0.3) is 0 Å². The van der Waals surface area contributed by atoms with Crippen LogP contribution >= 0.6 is 0 Å². The van der Waals surface area contributed by atoms with Gasteiger partial charge in [0.25, 0.3) is 0 Å². The summed E-state index contributed by atoms with van der Waals surface area (Å²) in [6.45, 7) is 7.80. The highest BCUT2D eigenvalue weighted by Crippen LogP contribution is 2.25. The van der Waals surface area contributed by atoms with E-state index in [4.69, 9.17) is 9.47 Å². The Morgan fingerprint density at radius 2 is 1.86 bits per heavy atom. The lowest BCUT2D eigenvalue weighted by atomic mass is 9.91. The van der Waals surface area contributed by atoms with Gasteiger partial charge in [0.1, 0.15) is 0 Å². The summed E-state index contributed by atoms with van der Waals surface area (Å²) >= 11 is 0. The van der Waals surface area contributed by atoms with Crippen molar-refractivity contribution in [1.82, 2.24) is 5.32 Å². The van der Waals surface area contributed by atoms with E-state index in [-0.39, 0.29) is 0 Å². The van der Waals surface area contributed by atoms with Gasteiger partial charge in [0.2, 0.25) is 0 Å². The molecular formula is C18H31NO2. The first-order valence-electron chi connectivity index (χ1n) is 8.14. The third kappa shape index (κ3) is 7.60. The maximum atomic E-state index is 5.55. The molecule has 2 atom stereocenters. The summed E-state index contributed by atoms with van der Waals surface area (Å²) in [4.78, 5) is 0. The first-order chi connectivity index (χ1) is 10.3. The molecule has 2 unspecified atom stereocenters. The predicted octanol–water partition coefficient (Wildman–Crippen LogP) is 3.81. The number of ether oxygens (including phenoxy) is 2. The van der Waals surface area contributed by atoms with Crippen molar-refractivity contribution in [2.75, 3.05) is 33.5 Å². The van der Waals surface area contributed by atoms with Gasteiger partial charge < -0.3 is 14.8 Å². The summed E-state index contributed by atoms with van der Waals surface area (Å²) < 4.78 is 10.5. The number of rotatable bonds is 12. The zero-order chi connectivity index (χ0) is 15.3. The Balaban J connectivity index is 2.39. The second-order valence-corrected chi connectivity index (χ2v) is 5.57. The van der Waals surface area contributed by atoms with E-state index in [1.807, 2.05) is 0 Å². The van der Waals surface area contributed by atoms with Gasteiger partial charge >= 0.3 is 0 Å². The quantitative estimate of drug-likeness (QED) is 0.595. The molecular weight excluding hydrogens is 262 g/mol. The van der Waals surface area contributed by atoms with E-state index in [1.165, 1.54) is 12.0 Å². The van der Waals surface area contributed by atoms with Crippen molar-refractivity contribution in [2.45, 2.75) is 39.2 Å². The summed E-state index contributed by atoms with van der Waals surface area (Å²) in [5.74, 6) is 0.602. The van der Waals surface area contributed by atoms with Crippen molar-refractivity contribution in [3.8, 4) is 0 Å². The molecule has 0 heterocycles. The SMILES string of the molecule is CCCNC(c1ccccc1)C(C)CCCOCCOC. The van der Waals surface area contributed by atoms with E-state index < -0.39 is 0 Å². The van der Waals surface area contributed by atoms with E-state index in [9.17, 15) is 0 Å². The molecule has 0 saturated heterocycles. The van der Waals surface area contributed by atoms with Crippen molar-refractivity contribution < 1.29 is 9.47 Å². The minimum atomic E-state index is 0.435. The largest absolute Gasteiger partial charge is 0.382 e. The van der Waals surface area contributed by atoms with Gasteiger partial charge in [0, 0.05) is 19.8 Å². The summed E-state index contributed by atoms with van der Waals surface area (Å²) in [6, 6.07) is 11.2. The van der Waals surface area contributed by atoms with E-state index in [1.54, 1.807) is 7.11 Å². The molecule has 0 aliphatic heterocycles. The fraction of sp³-hybridized carbons (Fsp3) is 0.667. The molecule has 0 aliphatic carbocycles. The fourth-order valence-electron chi connectivity index (χ4n) is 2.53. The maximum absolute atomic E-state index is 5.55. The lowest BCUT2D eigenvalue weighted by Gasteiger charge is -2.26. The van der Waals surface area contributed by atoms with Gasteiger partial charge in [-0.25, -0.2) is 0 Å². The van der Waals surface area contributed by atoms with Gasteiger partial charge in [0.15, 0.2) is 0 Å². The fourth-order valence-corrected chi connectivity index (χ4v) is 2.53. The molecule has 0 aliphatic rings. The van der Waals surface area contributed by atoms with Crippen LogP contribution in [-0.4, -0.2) is 33.5 Å². The summed E-state index contributed by atoms with van der Waals surface area (Å²) in [5.41, 5.74) is 1.39. The van der Waals surface area contributed by atoms with E-state index in [0.717, 1.165) is 26.0 Å². The van der Waals surface area contributed by atoms with Crippen molar-refractivity contribution in [3.05, 3.63) is 35.9 Å².